The summed E-state index contributed by atoms with van der Waals surface area (Å²) in [6.45, 7) is 9.52. The quantitative estimate of drug-likeness (QED) is 0.469. The molecule has 25 heavy (non-hydrogen) atoms. The van der Waals surface area contributed by atoms with Gasteiger partial charge >= 0.3 is 0 Å². The molecule has 7 nitrogen and oxygen atoms in total. The van der Waals surface area contributed by atoms with Gasteiger partial charge in [-0.05, 0) is 12.1 Å². The lowest BCUT2D eigenvalue weighted by molar-refractivity contribution is 0.0235. The summed E-state index contributed by atoms with van der Waals surface area (Å²) in [5, 5.41) is 7.78. The van der Waals surface area contributed by atoms with Crippen LogP contribution in [0.15, 0.2) is 31.0 Å². The van der Waals surface area contributed by atoms with Crippen LogP contribution in [0.4, 0.5) is 0 Å². The maximum atomic E-state index is 5.72. The van der Waals surface area contributed by atoms with E-state index in [4.69, 9.17) is 9.47 Å². The van der Waals surface area contributed by atoms with Gasteiger partial charge in [-0.15, -0.1) is 0 Å². The molecule has 0 aliphatic heterocycles. The van der Waals surface area contributed by atoms with Gasteiger partial charge in [0.25, 0.3) is 0 Å². The van der Waals surface area contributed by atoms with Gasteiger partial charge < -0.3 is 14.0 Å². The predicted molar refractivity (Wildman–Crippen MR) is 100 cm³/mol. The lowest BCUT2D eigenvalue weighted by Crippen LogP contribution is -2.22. The Labute approximate surface area is 148 Å². The van der Waals surface area contributed by atoms with Gasteiger partial charge in [-0.1, -0.05) is 19.6 Å². The first-order valence-corrected chi connectivity index (χ1v) is 12.2. The molecule has 134 valence electrons. The van der Waals surface area contributed by atoms with Crippen molar-refractivity contribution in [3.63, 3.8) is 0 Å². The molecule has 3 aromatic rings. The van der Waals surface area contributed by atoms with Gasteiger partial charge in [-0.2, -0.15) is 5.10 Å². The average molecular weight is 360 g/mol. The minimum absolute atomic E-state index is 0.447. The summed E-state index contributed by atoms with van der Waals surface area (Å²) < 4.78 is 13.3. The van der Waals surface area contributed by atoms with Gasteiger partial charge in [0.2, 0.25) is 0 Å². The molecule has 0 unspecified atom stereocenters. The van der Waals surface area contributed by atoms with Crippen molar-refractivity contribution in [1.82, 2.24) is 24.7 Å². The SMILES string of the molecule is C[Si](C)(C)CCOCCOCn1ccc2c(-c3cn[nH]c3)ncnc21. The third-order valence-electron chi connectivity index (χ3n) is 3.93. The first-order valence-electron chi connectivity index (χ1n) is 8.49. The van der Waals surface area contributed by atoms with Crippen molar-refractivity contribution in [3.8, 4) is 11.3 Å². The van der Waals surface area contributed by atoms with E-state index in [0.29, 0.717) is 19.9 Å². The van der Waals surface area contributed by atoms with Crippen LogP contribution in [-0.4, -0.2) is 52.6 Å². The lowest BCUT2D eigenvalue weighted by atomic mass is 10.2. The molecule has 0 amide bonds. The van der Waals surface area contributed by atoms with E-state index in [-0.39, 0.29) is 0 Å². The van der Waals surface area contributed by atoms with E-state index in [1.165, 1.54) is 6.04 Å². The zero-order chi connectivity index (χ0) is 17.7. The van der Waals surface area contributed by atoms with Crippen LogP contribution < -0.4 is 0 Å². The molecule has 8 heteroatoms. The van der Waals surface area contributed by atoms with E-state index in [1.807, 2.05) is 23.0 Å². The highest BCUT2D eigenvalue weighted by molar-refractivity contribution is 6.76. The summed E-state index contributed by atoms with van der Waals surface area (Å²) in [7, 11) is -1.02. The van der Waals surface area contributed by atoms with Gasteiger partial charge in [0.15, 0.2) is 0 Å². The zero-order valence-corrected chi connectivity index (χ0v) is 16.0. The van der Waals surface area contributed by atoms with E-state index >= 15 is 0 Å². The third kappa shape index (κ3) is 4.74. The monoisotopic (exact) mass is 359 g/mol. The first-order chi connectivity index (χ1) is 12.0. The summed E-state index contributed by atoms with van der Waals surface area (Å²) in [6, 6.07) is 3.19. The standard InChI is InChI=1S/C17H25N5O2Si/c1-25(2,3)9-8-23-6-7-24-13-22-5-4-15-16(14-10-20-21-11-14)18-12-19-17(15)22/h4-5,10-12H,6-9,13H2,1-3H3,(H,20,21). The Morgan fingerprint density at radius 2 is 1.96 bits per heavy atom. The van der Waals surface area contributed by atoms with E-state index in [2.05, 4.69) is 39.8 Å². The summed E-state index contributed by atoms with van der Waals surface area (Å²) in [5.74, 6) is 0. The van der Waals surface area contributed by atoms with Crippen LogP contribution in [0.3, 0.4) is 0 Å². The van der Waals surface area contributed by atoms with Crippen LogP contribution in [0, 0.1) is 0 Å². The molecule has 0 saturated heterocycles. The molecule has 0 bridgehead atoms. The molecule has 0 spiro atoms. The van der Waals surface area contributed by atoms with E-state index < -0.39 is 8.07 Å². The molecule has 0 radical (unpaired) electrons. The molecule has 1 N–H and O–H groups in total. The van der Waals surface area contributed by atoms with Gasteiger partial charge in [0, 0.05) is 38.0 Å². The number of aromatic amines is 1. The Morgan fingerprint density at radius 1 is 1.12 bits per heavy atom. The number of H-pyrrole nitrogens is 1. The fraction of sp³-hybridized carbons (Fsp3) is 0.471. The second-order valence-corrected chi connectivity index (χ2v) is 12.8. The largest absolute Gasteiger partial charge is 0.379 e. The fourth-order valence-electron chi connectivity index (χ4n) is 2.48. The number of rotatable bonds is 9. The smallest absolute Gasteiger partial charge is 0.145 e. The number of nitrogens with zero attached hydrogens (tertiary/aromatic N) is 4. The summed E-state index contributed by atoms with van der Waals surface area (Å²) in [4.78, 5) is 8.75. The molecule has 3 aromatic heterocycles. The molecule has 0 aliphatic rings. The van der Waals surface area contributed by atoms with Crippen LogP contribution in [0.1, 0.15) is 0 Å². The Morgan fingerprint density at radius 3 is 2.72 bits per heavy atom. The molecule has 0 fully saturated rings. The molecule has 0 aromatic carbocycles. The Balaban J connectivity index is 1.52. The van der Waals surface area contributed by atoms with Crippen molar-refractivity contribution >= 4 is 19.1 Å². The molecule has 3 rings (SSSR count). The minimum atomic E-state index is -1.02. The summed E-state index contributed by atoms with van der Waals surface area (Å²) >= 11 is 0. The Kier molecular flexibility index (Phi) is 5.62. The highest BCUT2D eigenvalue weighted by Crippen LogP contribution is 2.24. The first kappa shape index (κ1) is 17.8. The number of hydrogen-bond donors (Lipinski definition) is 1. The summed E-state index contributed by atoms with van der Waals surface area (Å²) in [5.41, 5.74) is 2.67. The zero-order valence-electron chi connectivity index (χ0n) is 15.0. The van der Waals surface area contributed by atoms with Crippen LogP contribution in [0.5, 0.6) is 0 Å². The number of aromatic nitrogens is 5. The molecule has 3 heterocycles. The Hall–Kier alpha value is -2.03. The maximum absolute atomic E-state index is 5.72. The van der Waals surface area contributed by atoms with Crippen molar-refractivity contribution in [2.24, 2.45) is 0 Å². The van der Waals surface area contributed by atoms with E-state index in [1.54, 1.807) is 12.5 Å². The van der Waals surface area contributed by atoms with Gasteiger partial charge in [-0.3, -0.25) is 5.10 Å². The average Bonchev–Trinajstić information content (AvgIpc) is 3.22. The number of nitrogens with one attached hydrogen (secondary N) is 1. The number of fused-ring (bicyclic) bond motifs is 1. The van der Waals surface area contributed by atoms with Gasteiger partial charge in [0.05, 0.1) is 25.1 Å². The van der Waals surface area contributed by atoms with Crippen molar-refractivity contribution in [3.05, 3.63) is 31.0 Å². The van der Waals surface area contributed by atoms with Crippen molar-refractivity contribution in [2.75, 3.05) is 19.8 Å². The second kappa shape index (κ2) is 7.90. The molecular formula is C17H25N5O2Si. The Bertz CT molecular complexity index is 795. The van der Waals surface area contributed by atoms with Gasteiger partial charge in [0.1, 0.15) is 18.7 Å². The molecule has 0 saturated carbocycles. The molecule has 0 atom stereocenters. The molecular weight excluding hydrogens is 334 g/mol. The van der Waals surface area contributed by atoms with Crippen molar-refractivity contribution in [2.45, 2.75) is 32.4 Å². The predicted octanol–water partition coefficient (Wildman–Crippen LogP) is 3.15. The highest BCUT2D eigenvalue weighted by Gasteiger charge is 2.12. The molecule has 0 aliphatic carbocycles. The van der Waals surface area contributed by atoms with Crippen molar-refractivity contribution < 1.29 is 9.47 Å². The lowest BCUT2D eigenvalue weighted by Gasteiger charge is -2.15. The summed E-state index contributed by atoms with van der Waals surface area (Å²) in [6.07, 6.45) is 7.12. The van der Waals surface area contributed by atoms with Crippen LogP contribution >= 0.6 is 0 Å². The third-order valence-corrected chi connectivity index (χ3v) is 5.63. The normalized spacial score (nSPS) is 12.1. The van der Waals surface area contributed by atoms with Crippen molar-refractivity contribution in [1.29, 1.82) is 0 Å². The highest BCUT2D eigenvalue weighted by atomic mass is 28.3. The van der Waals surface area contributed by atoms with E-state index in [9.17, 15) is 0 Å². The van der Waals surface area contributed by atoms with E-state index in [0.717, 1.165) is 28.9 Å². The number of hydrogen-bond acceptors (Lipinski definition) is 5. The van der Waals surface area contributed by atoms with Crippen LogP contribution in [-0.2, 0) is 16.2 Å². The van der Waals surface area contributed by atoms with Crippen LogP contribution in [0.2, 0.25) is 25.7 Å². The second-order valence-electron chi connectivity index (χ2n) is 7.19. The van der Waals surface area contributed by atoms with Crippen LogP contribution in [0.25, 0.3) is 22.3 Å². The number of ether oxygens (including phenoxy) is 2. The minimum Gasteiger partial charge on any atom is -0.379 e. The maximum Gasteiger partial charge on any atom is 0.145 e. The topological polar surface area (TPSA) is 77.9 Å². The fourth-order valence-corrected chi connectivity index (χ4v) is 3.24. The van der Waals surface area contributed by atoms with Gasteiger partial charge in [-0.25, -0.2) is 9.97 Å².